The fourth-order valence-corrected chi connectivity index (χ4v) is 4.37. The van der Waals surface area contributed by atoms with Crippen molar-refractivity contribution in [3.63, 3.8) is 0 Å². The standard InChI is InChI=1S/C24H19ClN2O3/c1-15-10-12-16(13-11-15)21-20-22(30-27(21)18-7-3-2-4-8-18)24(29)26(23(20)28)19-9-5-6-17(25)14-19/h2-14,20-22H,1H3. The van der Waals surface area contributed by atoms with Gasteiger partial charge in [-0.05, 0) is 42.8 Å². The molecule has 2 fully saturated rings. The Kier molecular flexibility index (Phi) is 4.57. The Bertz CT molecular complexity index is 1120. The number of benzene rings is 3. The van der Waals surface area contributed by atoms with Gasteiger partial charge in [0.25, 0.3) is 5.91 Å². The lowest BCUT2D eigenvalue weighted by molar-refractivity contribution is -0.126. The SMILES string of the molecule is Cc1ccc(C2C3C(=O)N(c4cccc(Cl)c4)C(=O)C3ON2c2ccccc2)cc1. The third-order valence-electron chi connectivity index (χ3n) is 5.61. The van der Waals surface area contributed by atoms with Crippen LogP contribution in [0, 0.1) is 12.8 Å². The Balaban J connectivity index is 1.59. The number of fused-ring (bicyclic) bond motifs is 1. The lowest BCUT2D eigenvalue weighted by atomic mass is 9.90. The molecule has 5 rings (SSSR count). The van der Waals surface area contributed by atoms with E-state index in [0.29, 0.717) is 10.7 Å². The van der Waals surface area contributed by atoms with Gasteiger partial charge in [0.05, 0.1) is 17.4 Å². The van der Waals surface area contributed by atoms with Crippen molar-refractivity contribution in [3.05, 3.63) is 95.0 Å². The number of aryl methyl sites for hydroxylation is 1. The van der Waals surface area contributed by atoms with Gasteiger partial charge < -0.3 is 0 Å². The van der Waals surface area contributed by atoms with E-state index >= 15 is 0 Å². The predicted molar refractivity (Wildman–Crippen MR) is 115 cm³/mol. The number of para-hydroxylation sites is 1. The highest BCUT2D eigenvalue weighted by Crippen LogP contribution is 2.47. The first-order valence-corrected chi connectivity index (χ1v) is 10.1. The summed E-state index contributed by atoms with van der Waals surface area (Å²) in [6.45, 7) is 2.01. The summed E-state index contributed by atoms with van der Waals surface area (Å²) in [5, 5.41) is 2.16. The summed E-state index contributed by atoms with van der Waals surface area (Å²) in [5.41, 5.74) is 3.30. The van der Waals surface area contributed by atoms with E-state index in [2.05, 4.69) is 0 Å². The Hall–Kier alpha value is -3.15. The molecule has 6 heteroatoms. The van der Waals surface area contributed by atoms with Crippen LogP contribution in [0.5, 0.6) is 0 Å². The van der Waals surface area contributed by atoms with Gasteiger partial charge in [-0.1, -0.05) is 65.7 Å². The van der Waals surface area contributed by atoms with Gasteiger partial charge in [0, 0.05) is 5.02 Å². The van der Waals surface area contributed by atoms with E-state index < -0.39 is 18.1 Å². The molecule has 3 aromatic carbocycles. The van der Waals surface area contributed by atoms with Gasteiger partial charge >= 0.3 is 0 Å². The highest BCUT2D eigenvalue weighted by molar-refractivity contribution is 6.31. The van der Waals surface area contributed by atoms with Crippen molar-refractivity contribution in [1.29, 1.82) is 0 Å². The summed E-state index contributed by atoms with van der Waals surface area (Å²) in [5.74, 6) is -1.31. The van der Waals surface area contributed by atoms with Crippen molar-refractivity contribution >= 4 is 34.8 Å². The van der Waals surface area contributed by atoms with Gasteiger partial charge in [-0.25, -0.2) is 9.96 Å². The summed E-state index contributed by atoms with van der Waals surface area (Å²) in [7, 11) is 0. The number of imide groups is 1. The number of nitrogens with zero attached hydrogens (tertiary/aromatic N) is 2. The average molecular weight is 419 g/mol. The number of carbonyl (C=O) groups excluding carboxylic acids is 2. The summed E-state index contributed by atoms with van der Waals surface area (Å²) >= 11 is 6.09. The van der Waals surface area contributed by atoms with E-state index in [1.54, 1.807) is 29.3 Å². The number of hydrogen-bond donors (Lipinski definition) is 0. The second-order valence-corrected chi connectivity index (χ2v) is 8.00. The predicted octanol–water partition coefficient (Wildman–Crippen LogP) is 4.70. The molecule has 2 aliphatic heterocycles. The van der Waals surface area contributed by atoms with E-state index in [1.807, 2.05) is 61.5 Å². The molecule has 30 heavy (non-hydrogen) atoms. The molecule has 3 aromatic rings. The van der Waals surface area contributed by atoms with Crippen molar-refractivity contribution in [2.75, 3.05) is 9.96 Å². The van der Waals surface area contributed by atoms with Crippen molar-refractivity contribution < 1.29 is 14.4 Å². The van der Waals surface area contributed by atoms with Crippen LogP contribution < -0.4 is 9.96 Å². The molecule has 150 valence electrons. The number of anilines is 2. The molecule has 0 radical (unpaired) electrons. The Morgan fingerprint density at radius 2 is 1.53 bits per heavy atom. The number of amides is 2. The Morgan fingerprint density at radius 1 is 0.833 bits per heavy atom. The zero-order valence-corrected chi connectivity index (χ0v) is 17.0. The van der Waals surface area contributed by atoms with Crippen molar-refractivity contribution in [2.45, 2.75) is 19.1 Å². The van der Waals surface area contributed by atoms with Gasteiger partial charge in [0.1, 0.15) is 5.92 Å². The second kappa shape index (κ2) is 7.27. The summed E-state index contributed by atoms with van der Waals surface area (Å²) in [6.07, 6.45) is -0.886. The first kappa shape index (κ1) is 18.9. The smallest absolute Gasteiger partial charge is 0.266 e. The highest BCUT2D eigenvalue weighted by Gasteiger charge is 2.60. The first-order chi connectivity index (χ1) is 14.5. The van der Waals surface area contributed by atoms with E-state index in [9.17, 15) is 9.59 Å². The Morgan fingerprint density at radius 3 is 2.23 bits per heavy atom. The van der Waals surface area contributed by atoms with Crippen LogP contribution in [0.25, 0.3) is 0 Å². The van der Waals surface area contributed by atoms with Gasteiger partial charge in [-0.15, -0.1) is 0 Å². The fraction of sp³-hybridized carbons (Fsp3) is 0.167. The van der Waals surface area contributed by atoms with E-state index in [0.717, 1.165) is 16.8 Å². The monoisotopic (exact) mass is 418 g/mol. The molecule has 2 saturated heterocycles. The van der Waals surface area contributed by atoms with E-state index in [-0.39, 0.29) is 11.8 Å². The van der Waals surface area contributed by atoms with Crippen LogP contribution in [0.4, 0.5) is 11.4 Å². The minimum atomic E-state index is -0.886. The maximum Gasteiger partial charge on any atom is 0.266 e. The molecule has 3 atom stereocenters. The average Bonchev–Trinajstić information content (AvgIpc) is 3.26. The van der Waals surface area contributed by atoms with Crippen LogP contribution in [-0.4, -0.2) is 17.9 Å². The molecular formula is C24H19ClN2O3. The third-order valence-corrected chi connectivity index (χ3v) is 5.85. The number of hydrogen-bond acceptors (Lipinski definition) is 4. The van der Waals surface area contributed by atoms with Crippen molar-refractivity contribution in [3.8, 4) is 0 Å². The normalized spacial score (nSPS) is 23.2. The molecule has 0 saturated carbocycles. The van der Waals surface area contributed by atoms with Gasteiger partial charge in [-0.3, -0.25) is 14.4 Å². The van der Waals surface area contributed by atoms with Crippen LogP contribution in [0.3, 0.4) is 0 Å². The maximum atomic E-state index is 13.5. The number of halogens is 1. The molecule has 0 N–H and O–H groups in total. The van der Waals surface area contributed by atoms with Crippen LogP contribution in [-0.2, 0) is 14.4 Å². The van der Waals surface area contributed by atoms with Gasteiger partial charge in [0.2, 0.25) is 5.91 Å². The van der Waals surface area contributed by atoms with Crippen molar-refractivity contribution in [2.24, 2.45) is 5.92 Å². The second-order valence-electron chi connectivity index (χ2n) is 7.56. The third kappa shape index (κ3) is 2.98. The molecule has 0 bridgehead atoms. The molecule has 2 heterocycles. The van der Waals surface area contributed by atoms with Crippen LogP contribution in [0.1, 0.15) is 17.2 Å². The first-order valence-electron chi connectivity index (χ1n) is 9.75. The van der Waals surface area contributed by atoms with Crippen LogP contribution in [0.2, 0.25) is 5.02 Å². The molecule has 5 nitrogen and oxygen atoms in total. The largest absolute Gasteiger partial charge is 0.273 e. The lowest BCUT2D eigenvalue weighted by Crippen LogP contribution is -2.37. The molecule has 0 spiro atoms. The fourth-order valence-electron chi connectivity index (χ4n) is 4.19. The minimum absolute atomic E-state index is 0.281. The lowest BCUT2D eigenvalue weighted by Gasteiger charge is -2.28. The number of rotatable bonds is 3. The summed E-state index contributed by atoms with van der Waals surface area (Å²) in [6, 6.07) is 23.9. The zero-order chi connectivity index (χ0) is 20.8. The quantitative estimate of drug-likeness (QED) is 0.578. The number of hydroxylamine groups is 1. The topological polar surface area (TPSA) is 49.9 Å². The molecular weight excluding hydrogens is 400 g/mol. The van der Waals surface area contributed by atoms with Crippen LogP contribution >= 0.6 is 11.6 Å². The number of carbonyl (C=O) groups is 2. The van der Waals surface area contributed by atoms with Crippen LogP contribution in [0.15, 0.2) is 78.9 Å². The minimum Gasteiger partial charge on any atom is -0.273 e. The zero-order valence-electron chi connectivity index (χ0n) is 16.2. The molecule has 0 aliphatic carbocycles. The summed E-state index contributed by atoms with van der Waals surface area (Å²) in [4.78, 5) is 34.0. The maximum absolute atomic E-state index is 13.5. The van der Waals surface area contributed by atoms with Gasteiger partial charge in [0.15, 0.2) is 6.10 Å². The van der Waals surface area contributed by atoms with Gasteiger partial charge in [-0.2, -0.15) is 0 Å². The van der Waals surface area contributed by atoms with Crippen molar-refractivity contribution in [1.82, 2.24) is 0 Å². The molecule has 3 unspecified atom stereocenters. The van der Waals surface area contributed by atoms with E-state index in [4.69, 9.17) is 16.4 Å². The molecule has 2 amide bonds. The summed E-state index contributed by atoms with van der Waals surface area (Å²) < 4.78 is 0. The van der Waals surface area contributed by atoms with E-state index in [1.165, 1.54) is 4.90 Å². The Labute approximate surface area is 179 Å². The molecule has 0 aromatic heterocycles. The highest BCUT2D eigenvalue weighted by atomic mass is 35.5. The molecule has 2 aliphatic rings.